The lowest BCUT2D eigenvalue weighted by molar-refractivity contribution is 0.415. The minimum atomic E-state index is -0.528. The third-order valence-electron chi connectivity index (χ3n) is 4.51. The maximum atomic E-state index is 12.3. The van der Waals surface area contributed by atoms with Gasteiger partial charge in [0, 0.05) is 5.39 Å². The smallest absolute Gasteiger partial charge is 0.326 e. The van der Waals surface area contributed by atoms with E-state index in [1.807, 2.05) is 47.8 Å². The van der Waals surface area contributed by atoms with Gasteiger partial charge in [0.05, 0.1) is 23.2 Å². The summed E-state index contributed by atoms with van der Waals surface area (Å²) in [5.41, 5.74) is 2.28. The van der Waals surface area contributed by atoms with Crippen molar-refractivity contribution in [3.8, 4) is 27.4 Å². The van der Waals surface area contributed by atoms with E-state index in [1.54, 1.807) is 18.4 Å². The number of nitrogens with one attached hydrogen (secondary N) is 2. The zero-order valence-corrected chi connectivity index (χ0v) is 16.2. The SMILES string of the molecule is COc1ccc(-c2cc(-c3cccs3)nc3sc4c(=O)[nH]c(=O)[nH]c4c23)cc1. The van der Waals surface area contributed by atoms with Crippen molar-refractivity contribution >= 4 is 43.1 Å². The molecular formula is C20H13N3O3S2. The van der Waals surface area contributed by atoms with Gasteiger partial charge in [0.1, 0.15) is 15.3 Å². The normalized spacial score (nSPS) is 11.3. The van der Waals surface area contributed by atoms with Crippen molar-refractivity contribution in [1.29, 1.82) is 0 Å². The number of aromatic amines is 2. The summed E-state index contributed by atoms with van der Waals surface area (Å²) in [6, 6.07) is 13.7. The van der Waals surface area contributed by atoms with Crippen LogP contribution in [0, 0.1) is 0 Å². The van der Waals surface area contributed by atoms with E-state index in [2.05, 4.69) is 9.97 Å². The molecule has 0 aliphatic heterocycles. The summed E-state index contributed by atoms with van der Waals surface area (Å²) in [6.45, 7) is 0. The average molecular weight is 407 g/mol. The van der Waals surface area contributed by atoms with Crippen LogP contribution in [0.3, 0.4) is 0 Å². The first-order valence-electron chi connectivity index (χ1n) is 8.42. The van der Waals surface area contributed by atoms with Gasteiger partial charge >= 0.3 is 5.69 Å². The van der Waals surface area contributed by atoms with Gasteiger partial charge in [-0.15, -0.1) is 22.7 Å². The van der Waals surface area contributed by atoms with Crippen LogP contribution in [0.5, 0.6) is 5.75 Å². The molecular weight excluding hydrogens is 394 g/mol. The van der Waals surface area contributed by atoms with E-state index in [9.17, 15) is 9.59 Å². The molecule has 0 saturated heterocycles. The fourth-order valence-electron chi connectivity index (χ4n) is 3.23. The van der Waals surface area contributed by atoms with Crippen molar-refractivity contribution in [2.45, 2.75) is 0 Å². The molecule has 0 aliphatic carbocycles. The number of benzene rings is 1. The molecule has 6 nitrogen and oxygen atoms in total. The maximum absolute atomic E-state index is 12.3. The first-order valence-corrected chi connectivity index (χ1v) is 10.1. The van der Waals surface area contributed by atoms with Gasteiger partial charge in [-0.05, 0) is 40.8 Å². The van der Waals surface area contributed by atoms with Crippen molar-refractivity contribution in [3.05, 3.63) is 68.7 Å². The molecule has 0 bridgehead atoms. The molecule has 0 radical (unpaired) electrons. The number of rotatable bonds is 3. The lowest BCUT2D eigenvalue weighted by Crippen LogP contribution is -2.20. The second kappa shape index (κ2) is 6.43. The summed E-state index contributed by atoms with van der Waals surface area (Å²) in [6.07, 6.45) is 0. The zero-order chi connectivity index (χ0) is 19.3. The van der Waals surface area contributed by atoms with Gasteiger partial charge in [0.2, 0.25) is 0 Å². The molecule has 0 fully saturated rings. The summed E-state index contributed by atoms with van der Waals surface area (Å²) in [5, 5.41) is 2.77. The molecule has 0 atom stereocenters. The predicted octanol–water partition coefficient (Wildman–Crippen LogP) is 4.23. The van der Waals surface area contributed by atoms with Crippen molar-refractivity contribution in [2.24, 2.45) is 0 Å². The van der Waals surface area contributed by atoms with Crippen LogP contribution in [0.2, 0.25) is 0 Å². The van der Waals surface area contributed by atoms with Crippen LogP contribution in [0.4, 0.5) is 0 Å². The summed E-state index contributed by atoms with van der Waals surface area (Å²) in [5.74, 6) is 0.757. The Labute approximate surface area is 166 Å². The lowest BCUT2D eigenvalue weighted by Gasteiger charge is -2.08. The summed E-state index contributed by atoms with van der Waals surface area (Å²) in [7, 11) is 1.62. The van der Waals surface area contributed by atoms with E-state index in [0.717, 1.165) is 32.8 Å². The highest BCUT2D eigenvalue weighted by molar-refractivity contribution is 7.25. The molecule has 0 unspecified atom stereocenters. The monoisotopic (exact) mass is 407 g/mol. The lowest BCUT2D eigenvalue weighted by atomic mass is 10.0. The molecule has 5 aromatic rings. The number of aromatic nitrogens is 3. The molecule has 0 spiro atoms. The highest BCUT2D eigenvalue weighted by Gasteiger charge is 2.18. The number of pyridine rings is 1. The minimum absolute atomic E-state index is 0.403. The molecule has 0 amide bonds. The second-order valence-corrected chi connectivity index (χ2v) is 8.10. The molecule has 5 rings (SSSR count). The highest BCUT2D eigenvalue weighted by Crippen LogP contribution is 2.39. The Morgan fingerprint density at radius 3 is 2.61 bits per heavy atom. The third kappa shape index (κ3) is 2.65. The zero-order valence-electron chi connectivity index (χ0n) is 14.6. The number of thiophene rings is 2. The quantitative estimate of drug-likeness (QED) is 0.468. The molecule has 0 aliphatic rings. The fraction of sp³-hybridized carbons (Fsp3) is 0.0500. The highest BCUT2D eigenvalue weighted by atomic mass is 32.1. The van der Waals surface area contributed by atoms with Gasteiger partial charge in [0.25, 0.3) is 5.56 Å². The Hall–Kier alpha value is -3.23. The molecule has 1 aromatic carbocycles. The van der Waals surface area contributed by atoms with Gasteiger partial charge in [-0.2, -0.15) is 0 Å². The predicted molar refractivity (Wildman–Crippen MR) is 114 cm³/mol. The van der Waals surface area contributed by atoms with Crippen molar-refractivity contribution < 1.29 is 4.74 Å². The maximum Gasteiger partial charge on any atom is 0.326 e. The van der Waals surface area contributed by atoms with Crippen molar-refractivity contribution in [2.75, 3.05) is 7.11 Å². The van der Waals surface area contributed by atoms with E-state index >= 15 is 0 Å². The number of ether oxygens (including phenoxy) is 1. The van der Waals surface area contributed by atoms with E-state index in [0.29, 0.717) is 15.0 Å². The topological polar surface area (TPSA) is 87.8 Å². The number of nitrogens with zero attached hydrogens (tertiary/aromatic N) is 1. The van der Waals surface area contributed by atoms with Crippen LogP contribution in [0.15, 0.2) is 57.4 Å². The molecule has 4 heterocycles. The first kappa shape index (κ1) is 16.9. The molecule has 28 heavy (non-hydrogen) atoms. The van der Waals surface area contributed by atoms with Crippen LogP contribution in [-0.2, 0) is 0 Å². The van der Waals surface area contributed by atoms with E-state index < -0.39 is 11.2 Å². The molecule has 4 aromatic heterocycles. The number of H-pyrrole nitrogens is 2. The Kier molecular flexibility index (Phi) is 3.88. The van der Waals surface area contributed by atoms with E-state index in [4.69, 9.17) is 9.72 Å². The number of methoxy groups -OCH3 is 1. The van der Waals surface area contributed by atoms with Crippen molar-refractivity contribution in [3.63, 3.8) is 0 Å². The van der Waals surface area contributed by atoms with Crippen LogP contribution < -0.4 is 16.0 Å². The standard InChI is InChI=1S/C20H13N3O3S2/c1-26-11-6-4-10(5-7-11)12-9-13(14-3-2-8-27-14)21-19-15(12)16-17(28-19)18(24)23-20(25)22-16/h2-9H,1H3,(H2,22,23,24,25). The third-order valence-corrected chi connectivity index (χ3v) is 6.48. The summed E-state index contributed by atoms with van der Waals surface area (Å²) in [4.78, 5) is 35.8. The summed E-state index contributed by atoms with van der Waals surface area (Å²) >= 11 is 2.88. The van der Waals surface area contributed by atoms with Crippen molar-refractivity contribution in [1.82, 2.24) is 15.0 Å². The van der Waals surface area contributed by atoms with Gasteiger partial charge in [-0.3, -0.25) is 9.78 Å². The van der Waals surface area contributed by atoms with Gasteiger partial charge < -0.3 is 9.72 Å². The Morgan fingerprint density at radius 2 is 1.89 bits per heavy atom. The molecule has 8 heteroatoms. The van der Waals surface area contributed by atoms with Crippen LogP contribution in [0.1, 0.15) is 0 Å². The van der Waals surface area contributed by atoms with Gasteiger partial charge in [0.15, 0.2) is 0 Å². The Bertz CT molecular complexity index is 1430. The van der Waals surface area contributed by atoms with Crippen LogP contribution in [0.25, 0.3) is 42.1 Å². The van der Waals surface area contributed by atoms with Gasteiger partial charge in [-0.25, -0.2) is 9.78 Å². The number of hydrogen-bond donors (Lipinski definition) is 2. The molecule has 2 N–H and O–H groups in total. The van der Waals surface area contributed by atoms with Crippen LogP contribution in [-0.4, -0.2) is 22.1 Å². The number of hydrogen-bond acceptors (Lipinski definition) is 6. The fourth-order valence-corrected chi connectivity index (χ4v) is 4.97. The second-order valence-electron chi connectivity index (χ2n) is 6.16. The number of fused-ring (bicyclic) bond motifs is 3. The largest absolute Gasteiger partial charge is 0.497 e. The summed E-state index contributed by atoms with van der Waals surface area (Å²) < 4.78 is 5.72. The van der Waals surface area contributed by atoms with Gasteiger partial charge in [-0.1, -0.05) is 18.2 Å². The average Bonchev–Trinajstić information content (AvgIpc) is 3.36. The Morgan fingerprint density at radius 1 is 1.07 bits per heavy atom. The first-order chi connectivity index (χ1) is 13.6. The molecule has 138 valence electrons. The van der Waals surface area contributed by atoms with Crippen LogP contribution >= 0.6 is 22.7 Å². The molecule has 0 saturated carbocycles. The minimum Gasteiger partial charge on any atom is -0.497 e. The Balaban J connectivity index is 1.91. The van der Waals surface area contributed by atoms with E-state index in [-0.39, 0.29) is 0 Å². The van der Waals surface area contributed by atoms with E-state index in [1.165, 1.54) is 11.3 Å².